The molecule has 0 radical (unpaired) electrons. The molecule has 0 bridgehead atoms. The molecule has 3 heteroatoms. The van der Waals surface area contributed by atoms with Gasteiger partial charge in [-0.3, -0.25) is 0 Å². The van der Waals surface area contributed by atoms with E-state index < -0.39 is 6.04 Å². The molecule has 0 saturated carbocycles. The molecule has 1 heterocycles. The number of anilines is 3. The summed E-state index contributed by atoms with van der Waals surface area (Å²) >= 11 is 0. The molecule has 0 aliphatic carbocycles. The predicted octanol–water partition coefficient (Wildman–Crippen LogP) is 10.1. The summed E-state index contributed by atoms with van der Waals surface area (Å²) in [7, 11) is 0. The summed E-state index contributed by atoms with van der Waals surface area (Å²) in [6.45, 7) is 10.9. The van der Waals surface area contributed by atoms with Crippen LogP contribution in [0.5, 0.6) is 11.5 Å². The van der Waals surface area contributed by atoms with Gasteiger partial charge >= 0.3 is 0 Å². The second-order valence-electron chi connectivity index (χ2n) is 12.9. The fraction of sp³-hybridized carbons (Fsp3) is 0.111. The Morgan fingerprint density at radius 2 is 1.25 bits per heavy atom. The lowest BCUT2D eigenvalue weighted by molar-refractivity contribution is 0.487. The van der Waals surface area contributed by atoms with Crippen LogP contribution in [-0.2, 0) is 0 Å². The van der Waals surface area contributed by atoms with Crippen molar-refractivity contribution in [2.75, 3.05) is 4.90 Å². The van der Waals surface area contributed by atoms with Crippen LogP contribution in [0.2, 0.25) is 0 Å². The van der Waals surface area contributed by atoms with Gasteiger partial charge in [0.2, 0.25) is 6.71 Å². The van der Waals surface area contributed by atoms with Crippen molar-refractivity contribution in [2.45, 2.75) is 34.6 Å². The summed E-state index contributed by atoms with van der Waals surface area (Å²) < 4.78 is 49.4. The number of hydrogen-bond donors (Lipinski definition) is 0. The van der Waals surface area contributed by atoms with E-state index in [9.17, 15) is 0 Å². The summed E-state index contributed by atoms with van der Waals surface area (Å²) in [5.74, 6) is 1.37. The maximum absolute atomic E-state index is 8.82. The maximum atomic E-state index is 8.82. The topological polar surface area (TPSA) is 12.5 Å². The third-order valence-electron chi connectivity index (χ3n) is 9.57. The van der Waals surface area contributed by atoms with Crippen molar-refractivity contribution in [1.82, 2.24) is 0 Å². The van der Waals surface area contributed by atoms with Gasteiger partial charge in [0.15, 0.2) is 0 Å². The lowest BCUT2D eigenvalue weighted by atomic mass is 9.34. The molecule has 232 valence electrons. The molecule has 0 N–H and O–H groups in total. The number of aryl methyl sites for hydroxylation is 5. The van der Waals surface area contributed by atoms with Crippen LogP contribution in [0.4, 0.5) is 17.1 Å². The van der Waals surface area contributed by atoms with E-state index in [4.69, 9.17) is 11.6 Å². The average Bonchev–Trinajstić information content (AvgIpc) is 3.14. The van der Waals surface area contributed by atoms with E-state index in [0.29, 0.717) is 17.1 Å². The highest BCUT2D eigenvalue weighted by atomic mass is 16.5. The number of para-hydroxylation sites is 2. The van der Waals surface area contributed by atoms with E-state index in [-0.39, 0.29) is 36.6 Å². The first kappa shape index (κ1) is 24.6. The number of hydrogen-bond acceptors (Lipinski definition) is 2. The molecule has 0 saturated heterocycles. The Hall–Kier alpha value is -5.54. The molecular weight excluding hydrogens is 581 g/mol. The van der Waals surface area contributed by atoms with E-state index in [1.807, 2.05) is 54.6 Å². The van der Waals surface area contributed by atoms with Crippen molar-refractivity contribution in [2.24, 2.45) is 0 Å². The SMILES string of the molecule is [2H]c1c([2H])c([2H])c(N(c2ccccc2)c2ccc3c(c2)Oc2cccc4c(B(c5ccc(C)cc5C)c5c(C)cc(C)cc5C)ccc-3c24)c([2H])c1[2H]. The predicted molar refractivity (Wildman–Crippen MR) is 205 cm³/mol. The zero-order valence-corrected chi connectivity index (χ0v) is 27.8. The highest BCUT2D eigenvalue weighted by molar-refractivity contribution is 6.97. The Morgan fingerprint density at radius 1 is 0.542 bits per heavy atom. The van der Waals surface area contributed by atoms with Crippen LogP contribution in [0.3, 0.4) is 0 Å². The van der Waals surface area contributed by atoms with Crippen molar-refractivity contribution in [3.8, 4) is 22.6 Å². The molecule has 1 aliphatic rings. The molecule has 2 nitrogen and oxygen atoms in total. The van der Waals surface area contributed by atoms with E-state index >= 15 is 0 Å². The van der Waals surface area contributed by atoms with E-state index in [1.165, 1.54) is 44.2 Å². The largest absolute Gasteiger partial charge is 0.456 e. The third-order valence-corrected chi connectivity index (χ3v) is 9.57. The van der Waals surface area contributed by atoms with Gasteiger partial charge in [0.25, 0.3) is 0 Å². The normalized spacial score (nSPS) is 13.1. The molecule has 7 aromatic rings. The molecule has 1 aliphatic heterocycles. The van der Waals surface area contributed by atoms with Crippen LogP contribution in [0.15, 0.2) is 139 Å². The second-order valence-corrected chi connectivity index (χ2v) is 12.9. The summed E-state index contributed by atoms with van der Waals surface area (Å²) in [5, 5.41) is 2.18. The first-order valence-electron chi connectivity index (χ1n) is 18.9. The summed E-state index contributed by atoms with van der Waals surface area (Å²) in [4.78, 5) is 1.71. The molecule has 0 aromatic heterocycles. The number of ether oxygens (including phenoxy) is 1. The minimum absolute atomic E-state index is 0.000742. The Bertz CT molecular complexity index is 2570. The van der Waals surface area contributed by atoms with E-state index in [2.05, 4.69) is 89.2 Å². The first-order valence-corrected chi connectivity index (χ1v) is 16.4. The molecule has 8 rings (SSSR count). The number of nitrogens with zero attached hydrogens (tertiary/aromatic N) is 1. The first-order chi connectivity index (χ1) is 25.4. The van der Waals surface area contributed by atoms with Gasteiger partial charge in [-0.25, -0.2) is 0 Å². The van der Waals surface area contributed by atoms with Crippen molar-refractivity contribution >= 4 is 50.9 Å². The van der Waals surface area contributed by atoms with Gasteiger partial charge in [0.05, 0.1) is 6.85 Å². The Morgan fingerprint density at radius 3 is 2.00 bits per heavy atom. The zero-order chi connectivity index (χ0) is 37.3. The van der Waals surface area contributed by atoms with Crippen LogP contribution in [0.1, 0.15) is 34.7 Å². The molecule has 48 heavy (non-hydrogen) atoms. The van der Waals surface area contributed by atoms with Crippen LogP contribution in [0, 0.1) is 34.6 Å². The van der Waals surface area contributed by atoms with Gasteiger partial charge in [-0.05, 0) is 88.0 Å². The minimum Gasteiger partial charge on any atom is -0.456 e. The number of benzene rings is 7. The summed E-state index contributed by atoms with van der Waals surface area (Å²) in [5.41, 5.74) is 13.4. The second kappa shape index (κ2) is 11.9. The van der Waals surface area contributed by atoms with Crippen molar-refractivity contribution < 1.29 is 11.6 Å². The van der Waals surface area contributed by atoms with Crippen molar-refractivity contribution in [3.63, 3.8) is 0 Å². The van der Waals surface area contributed by atoms with Gasteiger partial charge in [0.1, 0.15) is 11.5 Å². The Kier molecular flexibility index (Phi) is 6.11. The minimum atomic E-state index is -0.429. The number of fused-ring (bicyclic) bond motifs is 2. The smallest absolute Gasteiger partial charge is 0.243 e. The van der Waals surface area contributed by atoms with Gasteiger partial charge in [-0.2, -0.15) is 0 Å². The van der Waals surface area contributed by atoms with Gasteiger partial charge in [-0.15, -0.1) is 0 Å². The van der Waals surface area contributed by atoms with Crippen LogP contribution in [0.25, 0.3) is 21.9 Å². The molecule has 0 unspecified atom stereocenters. The lowest BCUT2D eigenvalue weighted by Crippen LogP contribution is -2.55. The molecule has 0 amide bonds. The average molecular weight is 625 g/mol. The monoisotopic (exact) mass is 624 g/mol. The molecule has 0 atom stereocenters. The van der Waals surface area contributed by atoms with Gasteiger partial charge in [-0.1, -0.05) is 135 Å². The van der Waals surface area contributed by atoms with Crippen LogP contribution in [-0.4, -0.2) is 6.71 Å². The standard InChI is InChI=1S/C45H38BNO/c1-29-19-23-40(31(3)25-29)46(45-32(4)26-30(2)27-33(45)5)41-24-22-38-37-21-20-36(28-43(37)48-42-18-12-17-39(41)44(38)42)47(34-13-8-6-9-14-34)35-15-10-7-11-16-35/h6-28H,1-5H3/i6D,8D,9D,13D,14D. The zero-order valence-electron chi connectivity index (χ0n) is 32.8. The quantitative estimate of drug-likeness (QED) is 0.171. The third kappa shape index (κ3) is 5.07. The number of rotatable bonds is 6. The maximum Gasteiger partial charge on any atom is 0.243 e. The highest BCUT2D eigenvalue weighted by Gasteiger charge is 2.31. The Labute approximate surface area is 291 Å². The van der Waals surface area contributed by atoms with E-state index in [1.54, 1.807) is 4.90 Å². The molecular formula is C45H38BNO. The summed E-state index contributed by atoms with van der Waals surface area (Å²) in [6, 6.07) is 35.5. The Balaban J connectivity index is 1.32. The summed E-state index contributed by atoms with van der Waals surface area (Å²) in [6.07, 6.45) is 0. The lowest BCUT2D eigenvalue weighted by Gasteiger charge is -2.29. The van der Waals surface area contributed by atoms with Gasteiger partial charge in [0, 0.05) is 34.1 Å². The van der Waals surface area contributed by atoms with Gasteiger partial charge < -0.3 is 9.64 Å². The van der Waals surface area contributed by atoms with Crippen LogP contribution >= 0.6 is 0 Å². The fourth-order valence-corrected chi connectivity index (χ4v) is 7.65. The molecule has 0 spiro atoms. The molecule has 0 fully saturated rings. The van der Waals surface area contributed by atoms with Crippen LogP contribution < -0.4 is 26.0 Å². The molecule has 7 aromatic carbocycles. The van der Waals surface area contributed by atoms with Crippen molar-refractivity contribution in [3.05, 3.63) is 167 Å². The highest BCUT2D eigenvalue weighted by Crippen LogP contribution is 2.48. The van der Waals surface area contributed by atoms with Crippen molar-refractivity contribution in [1.29, 1.82) is 0 Å². The van der Waals surface area contributed by atoms with E-state index in [0.717, 1.165) is 27.6 Å². The fourth-order valence-electron chi connectivity index (χ4n) is 7.65.